The van der Waals surface area contributed by atoms with E-state index in [1.165, 1.54) is 7.11 Å². The van der Waals surface area contributed by atoms with Crippen LogP contribution in [-0.4, -0.2) is 27.6 Å². The predicted molar refractivity (Wildman–Crippen MR) is 81.3 cm³/mol. The van der Waals surface area contributed by atoms with Crippen LogP contribution < -0.4 is 0 Å². The summed E-state index contributed by atoms with van der Waals surface area (Å²) in [6, 6.07) is 7.25. The smallest absolute Gasteiger partial charge is 0.328 e. The second-order valence-electron chi connectivity index (χ2n) is 4.74. The van der Waals surface area contributed by atoms with E-state index >= 15 is 0 Å². The number of hydrogen-bond donors (Lipinski definition) is 0. The molecule has 108 valence electrons. The van der Waals surface area contributed by atoms with Crippen molar-refractivity contribution in [3.05, 3.63) is 36.3 Å². The monoisotopic (exact) mass is 303 g/mol. The van der Waals surface area contributed by atoms with Gasteiger partial charge in [0.1, 0.15) is 17.4 Å². The fourth-order valence-corrected chi connectivity index (χ4v) is 2.75. The number of alkyl halides is 1. The van der Waals surface area contributed by atoms with E-state index in [0.717, 1.165) is 21.9 Å². The molecule has 2 heterocycles. The molecule has 0 spiro atoms. The Bertz CT molecular complexity index is 828. The van der Waals surface area contributed by atoms with Crippen molar-refractivity contribution in [2.45, 2.75) is 18.8 Å². The van der Waals surface area contributed by atoms with Crippen LogP contribution in [-0.2, 0) is 15.4 Å². The molecule has 0 amide bonds. The first-order chi connectivity index (χ1) is 10.2. The maximum atomic E-state index is 11.9. The number of fused-ring (bicyclic) bond motifs is 3. The van der Waals surface area contributed by atoms with E-state index in [2.05, 4.69) is 9.97 Å². The van der Waals surface area contributed by atoms with Gasteiger partial charge in [-0.1, -0.05) is 18.2 Å². The van der Waals surface area contributed by atoms with Gasteiger partial charge in [0.05, 0.1) is 30.2 Å². The minimum absolute atomic E-state index is 0.213. The quantitative estimate of drug-likeness (QED) is 0.551. The molecular weight excluding hydrogens is 290 g/mol. The average Bonchev–Trinajstić information content (AvgIpc) is 2.92. The summed E-state index contributed by atoms with van der Waals surface area (Å²) in [7, 11) is 1.37. The van der Waals surface area contributed by atoms with Gasteiger partial charge in [0.2, 0.25) is 0 Å². The lowest BCUT2D eigenvalue weighted by Crippen LogP contribution is -2.19. The number of aromatic nitrogens is 3. The van der Waals surface area contributed by atoms with E-state index in [9.17, 15) is 4.79 Å². The van der Waals surface area contributed by atoms with E-state index in [0.29, 0.717) is 5.82 Å². The lowest BCUT2D eigenvalue weighted by molar-refractivity contribution is -0.143. The minimum atomic E-state index is -0.500. The van der Waals surface area contributed by atoms with Crippen LogP contribution in [0.25, 0.3) is 21.9 Å². The number of carbonyl (C=O) groups is 1. The standard InChI is InChI=1S/C15H14ClN3O2/c1-9(15(20)21-2)19-13(7-16)18-12-8-17-11-6-4-3-5-10(11)14(12)19/h3-6,8-9H,7H2,1-2H3. The molecule has 0 aliphatic rings. The zero-order chi connectivity index (χ0) is 15.0. The molecule has 6 heteroatoms. The van der Waals surface area contributed by atoms with Crippen LogP contribution in [0.1, 0.15) is 18.8 Å². The Morgan fingerprint density at radius 3 is 2.86 bits per heavy atom. The molecule has 0 bridgehead atoms. The maximum absolute atomic E-state index is 11.9. The summed E-state index contributed by atoms with van der Waals surface area (Å²) in [4.78, 5) is 20.8. The number of nitrogens with zero attached hydrogens (tertiary/aromatic N) is 3. The highest BCUT2D eigenvalue weighted by molar-refractivity contribution is 6.17. The van der Waals surface area contributed by atoms with E-state index < -0.39 is 6.04 Å². The highest BCUT2D eigenvalue weighted by Crippen LogP contribution is 2.28. The van der Waals surface area contributed by atoms with Crippen molar-refractivity contribution >= 4 is 39.5 Å². The third-order valence-electron chi connectivity index (χ3n) is 3.55. The maximum Gasteiger partial charge on any atom is 0.328 e. The summed E-state index contributed by atoms with van der Waals surface area (Å²) in [6.45, 7) is 1.78. The zero-order valence-electron chi connectivity index (χ0n) is 11.7. The van der Waals surface area contributed by atoms with Gasteiger partial charge in [-0.2, -0.15) is 0 Å². The molecule has 0 aliphatic heterocycles. The number of imidazole rings is 1. The highest BCUT2D eigenvalue weighted by Gasteiger charge is 2.23. The van der Waals surface area contributed by atoms with Crippen LogP contribution in [0.5, 0.6) is 0 Å². The Morgan fingerprint density at radius 2 is 2.14 bits per heavy atom. The number of pyridine rings is 1. The number of hydrogen-bond acceptors (Lipinski definition) is 4. The number of rotatable bonds is 3. The summed E-state index contributed by atoms with van der Waals surface area (Å²) in [5.74, 6) is 0.508. The molecule has 1 atom stereocenters. The molecule has 21 heavy (non-hydrogen) atoms. The van der Waals surface area contributed by atoms with Gasteiger partial charge < -0.3 is 9.30 Å². The average molecular weight is 304 g/mol. The molecular formula is C15H14ClN3O2. The van der Waals surface area contributed by atoms with Gasteiger partial charge in [0.25, 0.3) is 0 Å². The van der Waals surface area contributed by atoms with Crippen molar-refractivity contribution in [2.24, 2.45) is 0 Å². The van der Waals surface area contributed by atoms with Crippen LogP contribution in [0.3, 0.4) is 0 Å². The van der Waals surface area contributed by atoms with Crippen molar-refractivity contribution in [3.63, 3.8) is 0 Å². The normalized spacial score (nSPS) is 12.7. The number of carbonyl (C=O) groups excluding carboxylic acids is 1. The van der Waals surface area contributed by atoms with E-state index in [4.69, 9.17) is 16.3 Å². The molecule has 0 fully saturated rings. The first-order valence-electron chi connectivity index (χ1n) is 6.55. The fourth-order valence-electron chi connectivity index (χ4n) is 2.56. The SMILES string of the molecule is COC(=O)C(C)n1c(CCl)nc2cnc3ccccc3c21. The zero-order valence-corrected chi connectivity index (χ0v) is 12.5. The Kier molecular flexibility index (Phi) is 3.51. The topological polar surface area (TPSA) is 57.0 Å². The van der Waals surface area contributed by atoms with Gasteiger partial charge in [-0.15, -0.1) is 11.6 Å². The molecule has 2 aromatic heterocycles. The number of methoxy groups -OCH3 is 1. The summed E-state index contributed by atoms with van der Waals surface area (Å²) in [5, 5.41) is 0.939. The van der Waals surface area contributed by atoms with Crippen LogP contribution in [0.15, 0.2) is 30.5 Å². The molecule has 0 saturated heterocycles. The second-order valence-corrected chi connectivity index (χ2v) is 5.01. The largest absolute Gasteiger partial charge is 0.467 e. The molecule has 1 aromatic carbocycles. The first-order valence-corrected chi connectivity index (χ1v) is 7.09. The molecule has 0 radical (unpaired) electrons. The van der Waals surface area contributed by atoms with Gasteiger partial charge in [-0.25, -0.2) is 9.78 Å². The van der Waals surface area contributed by atoms with Crippen LogP contribution in [0.2, 0.25) is 0 Å². The Hall–Kier alpha value is -2.14. The third-order valence-corrected chi connectivity index (χ3v) is 3.78. The third kappa shape index (κ3) is 2.14. The van der Waals surface area contributed by atoms with Crippen LogP contribution in [0.4, 0.5) is 0 Å². The first kappa shape index (κ1) is 13.8. The number of benzene rings is 1. The molecule has 0 saturated carbocycles. The van der Waals surface area contributed by atoms with Gasteiger partial charge in [0, 0.05) is 5.39 Å². The predicted octanol–water partition coefficient (Wildman–Crippen LogP) is 3.06. The summed E-state index contributed by atoms with van der Waals surface area (Å²) >= 11 is 5.99. The van der Waals surface area contributed by atoms with E-state index in [-0.39, 0.29) is 11.8 Å². The van der Waals surface area contributed by atoms with Crippen molar-refractivity contribution < 1.29 is 9.53 Å². The van der Waals surface area contributed by atoms with Crippen molar-refractivity contribution in [1.82, 2.24) is 14.5 Å². The fraction of sp³-hybridized carbons (Fsp3) is 0.267. The molecule has 5 nitrogen and oxygen atoms in total. The van der Waals surface area contributed by atoms with Crippen molar-refractivity contribution in [2.75, 3.05) is 7.11 Å². The van der Waals surface area contributed by atoms with Gasteiger partial charge in [0.15, 0.2) is 0 Å². The molecule has 3 rings (SSSR count). The summed E-state index contributed by atoms with van der Waals surface area (Å²) in [6.07, 6.45) is 1.70. The van der Waals surface area contributed by atoms with Gasteiger partial charge >= 0.3 is 5.97 Å². The summed E-state index contributed by atoms with van der Waals surface area (Å²) < 4.78 is 6.68. The molecule has 0 N–H and O–H groups in total. The number of halogens is 1. The van der Waals surface area contributed by atoms with E-state index in [1.54, 1.807) is 13.1 Å². The van der Waals surface area contributed by atoms with Crippen LogP contribution >= 0.6 is 11.6 Å². The Balaban J connectivity index is 2.39. The van der Waals surface area contributed by atoms with Crippen molar-refractivity contribution in [1.29, 1.82) is 0 Å². The Labute approximate surface area is 126 Å². The van der Waals surface area contributed by atoms with E-state index in [1.807, 2.05) is 28.8 Å². The summed E-state index contributed by atoms with van der Waals surface area (Å²) in [5.41, 5.74) is 2.43. The van der Waals surface area contributed by atoms with Crippen LogP contribution in [0, 0.1) is 0 Å². The Morgan fingerprint density at radius 1 is 1.38 bits per heavy atom. The molecule has 3 aromatic rings. The highest BCUT2D eigenvalue weighted by atomic mass is 35.5. The molecule has 1 unspecified atom stereocenters. The number of esters is 1. The van der Waals surface area contributed by atoms with Gasteiger partial charge in [-0.3, -0.25) is 4.98 Å². The molecule has 0 aliphatic carbocycles. The second kappa shape index (κ2) is 5.33. The lowest BCUT2D eigenvalue weighted by Gasteiger charge is -2.15. The minimum Gasteiger partial charge on any atom is -0.467 e. The van der Waals surface area contributed by atoms with Gasteiger partial charge in [-0.05, 0) is 13.0 Å². The van der Waals surface area contributed by atoms with Crippen molar-refractivity contribution in [3.8, 4) is 0 Å². The number of ether oxygens (including phenoxy) is 1. The number of para-hydroxylation sites is 1. The lowest BCUT2D eigenvalue weighted by atomic mass is 10.2.